The molecule has 0 spiro atoms. The molecule has 1 aliphatic heterocycles. The maximum Gasteiger partial charge on any atom is 0.250 e. The van der Waals surface area contributed by atoms with E-state index in [2.05, 4.69) is 20.7 Å². The fourth-order valence-electron chi connectivity index (χ4n) is 4.21. The molecular weight excluding hydrogens is 496 g/mol. The highest BCUT2D eigenvalue weighted by molar-refractivity contribution is 7.09. The Morgan fingerprint density at radius 1 is 1.19 bits per heavy atom. The number of hydrogen-bond donors (Lipinski definition) is 1. The van der Waals surface area contributed by atoms with Crippen LogP contribution in [0.3, 0.4) is 0 Å². The van der Waals surface area contributed by atoms with Crippen molar-refractivity contribution in [2.24, 2.45) is 0 Å². The van der Waals surface area contributed by atoms with Crippen LogP contribution in [0.2, 0.25) is 0 Å². The van der Waals surface area contributed by atoms with E-state index in [1.807, 2.05) is 24.4 Å². The molecule has 5 heterocycles. The summed E-state index contributed by atoms with van der Waals surface area (Å²) < 4.78 is 17.1. The Labute approximate surface area is 217 Å². The standard InChI is InChI=1S/C25H28N6O5S/c1-16-7-9-20(35-16)23(25(33)26-13-18-5-3-11-34-18)30(14-19-6-4-12-37-19)22(32)15-31-28-24(27-29-31)21-10-8-17(2)36-21/h4,6-10,12,18,23H,3,5,11,13-15H2,1-2H3,(H,26,33)/t18-,23+/m0/s1. The fraction of sp³-hybridized carbons (Fsp3) is 0.400. The number of aromatic nitrogens is 4. The van der Waals surface area contributed by atoms with E-state index in [9.17, 15) is 9.59 Å². The van der Waals surface area contributed by atoms with Gasteiger partial charge in [0, 0.05) is 18.0 Å². The number of carbonyl (C=O) groups excluding carboxylic acids is 2. The molecule has 2 atom stereocenters. The molecule has 1 N–H and O–H groups in total. The Morgan fingerprint density at radius 2 is 2.03 bits per heavy atom. The van der Waals surface area contributed by atoms with Gasteiger partial charge in [-0.3, -0.25) is 9.59 Å². The summed E-state index contributed by atoms with van der Waals surface area (Å²) in [7, 11) is 0. The highest BCUT2D eigenvalue weighted by atomic mass is 32.1. The highest BCUT2D eigenvalue weighted by Crippen LogP contribution is 2.27. The molecule has 37 heavy (non-hydrogen) atoms. The van der Waals surface area contributed by atoms with Crippen LogP contribution >= 0.6 is 11.3 Å². The number of nitrogens with zero attached hydrogens (tertiary/aromatic N) is 5. The van der Waals surface area contributed by atoms with E-state index in [4.69, 9.17) is 13.6 Å². The van der Waals surface area contributed by atoms with Crippen LogP contribution in [0.5, 0.6) is 0 Å². The van der Waals surface area contributed by atoms with Crippen molar-refractivity contribution in [1.29, 1.82) is 0 Å². The van der Waals surface area contributed by atoms with Crippen molar-refractivity contribution >= 4 is 23.2 Å². The number of ether oxygens (including phenoxy) is 1. The molecule has 4 aromatic rings. The van der Waals surface area contributed by atoms with Gasteiger partial charge >= 0.3 is 0 Å². The first kappa shape index (κ1) is 24.9. The number of carbonyl (C=O) groups is 2. The number of thiophene rings is 1. The topological polar surface area (TPSA) is 129 Å². The maximum absolute atomic E-state index is 13.7. The SMILES string of the molecule is Cc1ccc(-c2nnn(CC(=O)N(Cc3cccs3)[C@@H](C(=O)NC[C@@H]3CCCO3)c3ccc(C)o3)n2)o1. The van der Waals surface area contributed by atoms with Crippen LogP contribution in [0.1, 0.15) is 41.0 Å². The molecule has 0 saturated carbocycles. The predicted octanol–water partition coefficient (Wildman–Crippen LogP) is 3.27. The number of tetrazole rings is 1. The van der Waals surface area contributed by atoms with Crippen LogP contribution in [0.4, 0.5) is 0 Å². The van der Waals surface area contributed by atoms with Gasteiger partial charge in [0.25, 0.3) is 5.91 Å². The molecule has 194 valence electrons. The average molecular weight is 525 g/mol. The van der Waals surface area contributed by atoms with Crippen LogP contribution in [0, 0.1) is 13.8 Å². The maximum atomic E-state index is 13.7. The van der Waals surface area contributed by atoms with Crippen molar-refractivity contribution in [2.45, 2.75) is 51.9 Å². The third-order valence-electron chi connectivity index (χ3n) is 6.04. The van der Waals surface area contributed by atoms with E-state index in [1.165, 1.54) is 21.0 Å². The second-order valence-corrected chi connectivity index (χ2v) is 9.92. The summed E-state index contributed by atoms with van der Waals surface area (Å²) in [6.07, 6.45) is 1.82. The summed E-state index contributed by atoms with van der Waals surface area (Å²) in [5, 5.41) is 17.2. The lowest BCUT2D eigenvalue weighted by Gasteiger charge is -2.29. The van der Waals surface area contributed by atoms with Gasteiger partial charge < -0.3 is 23.8 Å². The van der Waals surface area contributed by atoms with Gasteiger partial charge in [-0.1, -0.05) is 6.07 Å². The highest BCUT2D eigenvalue weighted by Gasteiger charge is 2.35. The molecule has 0 bridgehead atoms. The van der Waals surface area contributed by atoms with Gasteiger partial charge in [-0.05, 0) is 67.6 Å². The summed E-state index contributed by atoms with van der Waals surface area (Å²) in [5.41, 5.74) is 0. The minimum atomic E-state index is -0.986. The van der Waals surface area contributed by atoms with E-state index in [0.29, 0.717) is 30.4 Å². The third kappa shape index (κ3) is 5.97. The molecule has 12 heteroatoms. The Kier molecular flexibility index (Phi) is 7.47. The third-order valence-corrected chi connectivity index (χ3v) is 6.90. The smallest absolute Gasteiger partial charge is 0.250 e. The number of hydrogen-bond acceptors (Lipinski definition) is 9. The molecule has 0 aromatic carbocycles. The van der Waals surface area contributed by atoms with Gasteiger partial charge in [0.15, 0.2) is 11.8 Å². The zero-order chi connectivity index (χ0) is 25.8. The van der Waals surface area contributed by atoms with E-state index < -0.39 is 6.04 Å². The van der Waals surface area contributed by atoms with E-state index >= 15 is 0 Å². The molecule has 0 radical (unpaired) electrons. The Balaban J connectivity index is 1.40. The largest absolute Gasteiger partial charge is 0.464 e. The molecule has 5 rings (SSSR count). The van der Waals surface area contributed by atoms with E-state index in [1.54, 1.807) is 31.2 Å². The van der Waals surface area contributed by atoms with Gasteiger partial charge in [-0.15, -0.1) is 21.5 Å². The summed E-state index contributed by atoms with van der Waals surface area (Å²) in [6, 6.07) is 9.89. The molecule has 0 aliphatic carbocycles. The molecule has 1 fully saturated rings. The second-order valence-electron chi connectivity index (χ2n) is 8.89. The van der Waals surface area contributed by atoms with Crippen molar-refractivity contribution in [3.05, 3.63) is 63.9 Å². The molecule has 1 aliphatic rings. The zero-order valence-electron chi connectivity index (χ0n) is 20.6. The molecule has 11 nitrogen and oxygen atoms in total. The van der Waals surface area contributed by atoms with Crippen molar-refractivity contribution in [1.82, 2.24) is 30.4 Å². The lowest BCUT2D eigenvalue weighted by Crippen LogP contribution is -2.46. The van der Waals surface area contributed by atoms with Crippen molar-refractivity contribution < 1.29 is 23.2 Å². The first-order valence-electron chi connectivity index (χ1n) is 12.1. The predicted molar refractivity (Wildman–Crippen MR) is 133 cm³/mol. The van der Waals surface area contributed by atoms with Gasteiger partial charge in [0.1, 0.15) is 23.8 Å². The van der Waals surface area contributed by atoms with Crippen molar-refractivity contribution in [3.8, 4) is 11.6 Å². The minimum Gasteiger partial charge on any atom is -0.464 e. The van der Waals surface area contributed by atoms with Crippen molar-refractivity contribution in [3.63, 3.8) is 0 Å². The van der Waals surface area contributed by atoms with E-state index in [0.717, 1.165) is 23.5 Å². The summed E-state index contributed by atoms with van der Waals surface area (Å²) in [5.74, 6) is 1.78. The molecule has 2 amide bonds. The zero-order valence-corrected chi connectivity index (χ0v) is 21.4. The summed E-state index contributed by atoms with van der Waals surface area (Å²) in [4.78, 5) is 30.9. The number of furan rings is 2. The lowest BCUT2D eigenvalue weighted by atomic mass is 10.1. The van der Waals surface area contributed by atoms with Crippen LogP contribution < -0.4 is 5.32 Å². The van der Waals surface area contributed by atoms with Crippen LogP contribution in [-0.4, -0.2) is 56.2 Å². The number of amides is 2. The van der Waals surface area contributed by atoms with Crippen LogP contribution in [-0.2, 0) is 27.4 Å². The fourth-order valence-corrected chi connectivity index (χ4v) is 4.91. The van der Waals surface area contributed by atoms with Crippen molar-refractivity contribution in [2.75, 3.05) is 13.2 Å². The first-order chi connectivity index (χ1) is 18.0. The first-order valence-corrected chi connectivity index (χ1v) is 13.0. The monoisotopic (exact) mass is 524 g/mol. The van der Waals surface area contributed by atoms with Gasteiger partial charge in [0.2, 0.25) is 11.7 Å². The van der Waals surface area contributed by atoms with Gasteiger partial charge in [0.05, 0.1) is 12.6 Å². The molecule has 1 saturated heterocycles. The van der Waals surface area contributed by atoms with Crippen LogP contribution in [0.15, 0.2) is 50.6 Å². The second kappa shape index (κ2) is 11.1. The van der Waals surface area contributed by atoms with Gasteiger partial charge in [-0.25, -0.2) is 0 Å². The van der Waals surface area contributed by atoms with Crippen LogP contribution in [0.25, 0.3) is 11.6 Å². The minimum absolute atomic E-state index is 0.0348. The lowest BCUT2D eigenvalue weighted by molar-refractivity contribution is -0.143. The van der Waals surface area contributed by atoms with E-state index in [-0.39, 0.29) is 36.8 Å². The molecular formula is C25H28N6O5S. The van der Waals surface area contributed by atoms with Gasteiger partial charge in [-0.2, -0.15) is 4.80 Å². The average Bonchev–Trinajstić information content (AvgIpc) is 3.69. The number of nitrogens with one attached hydrogen (secondary N) is 1. The normalized spacial score (nSPS) is 16.1. The quantitative estimate of drug-likeness (QED) is 0.335. The Morgan fingerprint density at radius 3 is 2.70 bits per heavy atom. The number of rotatable bonds is 10. The molecule has 4 aromatic heterocycles. The molecule has 0 unspecified atom stereocenters. The number of aryl methyl sites for hydroxylation is 2. The summed E-state index contributed by atoms with van der Waals surface area (Å²) in [6.45, 7) is 4.68. The Bertz CT molecular complexity index is 1340. The summed E-state index contributed by atoms with van der Waals surface area (Å²) >= 11 is 1.50. The Hall–Kier alpha value is -3.77.